The molecule has 0 aliphatic carbocycles. The van der Waals surface area contributed by atoms with Gasteiger partial charge in [-0.05, 0) is 55.8 Å². The van der Waals surface area contributed by atoms with E-state index < -0.39 is 6.04 Å². The van der Waals surface area contributed by atoms with E-state index in [9.17, 15) is 4.79 Å². The molecule has 1 aromatic carbocycles. The lowest BCUT2D eigenvalue weighted by Crippen LogP contribution is -2.40. The van der Waals surface area contributed by atoms with Crippen LogP contribution in [0.3, 0.4) is 0 Å². The van der Waals surface area contributed by atoms with Crippen molar-refractivity contribution in [3.63, 3.8) is 0 Å². The normalized spacial score (nSPS) is 17.4. The monoisotopic (exact) mass is 357 g/mol. The highest BCUT2D eigenvalue weighted by Gasteiger charge is 2.21. The molecule has 0 bridgehead atoms. The Labute approximate surface area is 154 Å². The third-order valence-corrected chi connectivity index (χ3v) is 5.81. The van der Waals surface area contributed by atoms with E-state index in [4.69, 9.17) is 5.73 Å². The second-order valence-corrected chi connectivity index (χ2v) is 7.96. The van der Waals surface area contributed by atoms with Crippen molar-refractivity contribution < 1.29 is 4.79 Å². The average molecular weight is 358 g/mol. The molecule has 1 fully saturated rings. The number of nitrogens with zero attached hydrogens (tertiary/aromatic N) is 1. The molecule has 134 valence electrons. The van der Waals surface area contributed by atoms with E-state index in [0.717, 1.165) is 44.6 Å². The van der Waals surface area contributed by atoms with Crippen molar-refractivity contribution in [3.05, 3.63) is 57.8 Å². The van der Waals surface area contributed by atoms with Crippen molar-refractivity contribution in [2.75, 3.05) is 19.6 Å². The smallest absolute Gasteiger partial charge is 0.241 e. The Hall–Kier alpha value is -1.69. The number of nitrogens with two attached hydrogens (primary N) is 1. The van der Waals surface area contributed by atoms with Crippen molar-refractivity contribution >= 4 is 17.2 Å². The molecule has 1 atom stereocenters. The molecule has 1 aliphatic heterocycles. The van der Waals surface area contributed by atoms with Gasteiger partial charge in [-0.1, -0.05) is 35.9 Å². The minimum atomic E-state index is -0.584. The van der Waals surface area contributed by atoms with Crippen molar-refractivity contribution in [2.24, 2.45) is 11.7 Å². The van der Waals surface area contributed by atoms with Crippen LogP contribution in [0.15, 0.2) is 41.8 Å². The van der Waals surface area contributed by atoms with E-state index in [1.807, 2.05) is 42.5 Å². The van der Waals surface area contributed by atoms with Crippen LogP contribution in [0.2, 0.25) is 0 Å². The number of hydrogen-bond acceptors (Lipinski definition) is 4. The highest BCUT2D eigenvalue weighted by molar-refractivity contribution is 7.09. The summed E-state index contributed by atoms with van der Waals surface area (Å²) in [5.74, 6) is 0.471. The lowest BCUT2D eigenvalue weighted by molar-refractivity contribution is -0.122. The Morgan fingerprint density at radius 2 is 2.00 bits per heavy atom. The third kappa shape index (κ3) is 5.14. The molecule has 1 amide bonds. The van der Waals surface area contributed by atoms with Gasteiger partial charge in [-0.25, -0.2) is 0 Å². The van der Waals surface area contributed by atoms with Gasteiger partial charge in [0, 0.05) is 18.0 Å². The Morgan fingerprint density at radius 1 is 1.28 bits per heavy atom. The zero-order chi connectivity index (χ0) is 17.6. The number of benzene rings is 1. The molecule has 3 rings (SSSR count). The van der Waals surface area contributed by atoms with Crippen molar-refractivity contribution in [2.45, 2.75) is 32.4 Å². The maximum Gasteiger partial charge on any atom is 0.241 e. The summed E-state index contributed by atoms with van der Waals surface area (Å²) < 4.78 is 0. The second kappa shape index (κ2) is 8.61. The van der Waals surface area contributed by atoms with Gasteiger partial charge < -0.3 is 11.1 Å². The van der Waals surface area contributed by atoms with E-state index in [-0.39, 0.29) is 5.91 Å². The van der Waals surface area contributed by atoms with Crippen molar-refractivity contribution in [1.29, 1.82) is 0 Å². The lowest BCUT2D eigenvalue weighted by Gasteiger charge is -2.31. The maximum absolute atomic E-state index is 12.3. The van der Waals surface area contributed by atoms with Crippen LogP contribution in [-0.2, 0) is 11.3 Å². The number of carbonyl (C=O) groups is 1. The molecule has 1 saturated heterocycles. The van der Waals surface area contributed by atoms with Gasteiger partial charge in [-0.2, -0.15) is 0 Å². The molecule has 0 radical (unpaired) electrons. The summed E-state index contributed by atoms with van der Waals surface area (Å²) in [5, 5.41) is 5.18. The van der Waals surface area contributed by atoms with E-state index in [1.165, 1.54) is 10.4 Å². The number of hydrogen-bond donors (Lipinski definition) is 2. The van der Waals surface area contributed by atoms with Crippen molar-refractivity contribution in [3.8, 4) is 0 Å². The zero-order valence-corrected chi connectivity index (χ0v) is 15.6. The van der Waals surface area contributed by atoms with Gasteiger partial charge in [-0.3, -0.25) is 9.69 Å². The first kappa shape index (κ1) is 18.1. The predicted octanol–water partition coefficient (Wildman–Crippen LogP) is 3.08. The fraction of sp³-hybridized carbons (Fsp3) is 0.450. The van der Waals surface area contributed by atoms with Crippen LogP contribution in [-0.4, -0.2) is 30.4 Å². The molecule has 25 heavy (non-hydrogen) atoms. The standard InChI is InChI=1S/C20H27N3OS/c1-15-4-6-17(7-5-15)19(21)20(24)22-13-16-8-10-23(11-9-16)14-18-3-2-12-25-18/h2-7,12,16,19H,8-11,13-14,21H2,1H3,(H,22,24). The summed E-state index contributed by atoms with van der Waals surface area (Å²) in [6.45, 7) is 6.01. The topological polar surface area (TPSA) is 58.4 Å². The number of piperidine rings is 1. The van der Waals surface area contributed by atoms with E-state index in [0.29, 0.717) is 5.92 Å². The first-order valence-corrected chi connectivity index (χ1v) is 9.84. The van der Waals surface area contributed by atoms with Gasteiger partial charge in [0.1, 0.15) is 6.04 Å². The summed E-state index contributed by atoms with van der Waals surface area (Å²) in [4.78, 5) is 16.2. The fourth-order valence-corrected chi connectivity index (χ4v) is 4.00. The maximum atomic E-state index is 12.3. The Kier molecular flexibility index (Phi) is 6.24. The van der Waals surface area contributed by atoms with Crippen LogP contribution >= 0.6 is 11.3 Å². The van der Waals surface area contributed by atoms with Crippen molar-refractivity contribution in [1.82, 2.24) is 10.2 Å². The van der Waals surface area contributed by atoms with Gasteiger partial charge >= 0.3 is 0 Å². The van der Waals surface area contributed by atoms with E-state index in [2.05, 4.69) is 27.7 Å². The highest BCUT2D eigenvalue weighted by atomic mass is 32.1. The number of nitrogens with one attached hydrogen (secondary N) is 1. The molecule has 3 N–H and O–H groups in total. The molecule has 1 unspecified atom stereocenters. The number of aryl methyl sites for hydroxylation is 1. The summed E-state index contributed by atoms with van der Waals surface area (Å²) in [6, 6.07) is 11.6. The SMILES string of the molecule is Cc1ccc(C(N)C(=O)NCC2CCN(Cc3cccs3)CC2)cc1. The van der Waals surface area contributed by atoms with Gasteiger partial charge in [0.15, 0.2) is 0 Å². The fourth-order valence-electron chi connectivity index (χ4n) is 3.25. The number of likely N-dealkylation sites (tertiary alicyclic amines) is 1. The van der Waals surface area contributed by atoms with Crippen LogP contribution in [0.1, 0.15) is 34.9 Å². The Bertz CT molecular complexity index is 661. The van der Waals surface area contributed by atoms with Gasteiger partial charge in [0.05, 0.1) is 0 Å². The number of rotatable bonds is 6. The zero-order valence-electron chi connectivity index (χ0n) is 14.8. The van der Waals surface area contributed by atoms with Crippen LogP contribution in [0.4, 0.5) is 0 Å². The summed E-state index contributed by atoms with van der Waals surface area (Å²) in [7, 11) is 0. The Morgan fingerprint density at radius 3 is 2.64 bits per heavy atom. The van der Waals surface area contributed by atoms with Crippen LogP contribution < -0.4 is 11.1 Å². The minimum Gasteiger partial charge on any atom is -0.354 e. The molecule has 4 nitrogen and oxygen atoms in total. The second-order valence-electron chi connectivity index (χ2n) is 6.93. The summed E-state index contributed by atoms with van der Waals surface area (Å²) in [5.41, 5.74) is 8.12. The highest BCUT2D eigenvalue weighted by Crippen LogP contribution is 2.20. The van der Waals surface area contributed by atoms with Crippen LogP contribution in [0, 0.1) is 12.8 Å². The molecule has 2 heterocycles. The number of thiophene rings is 1. The molecular formula is C20H27N3OS. The van der Waals surface area contributed by atoms with E-state index >= 15 is 0 Å². The molecule has 0 saturated carbocycles. The minimum absolute atomic E-state index is 0.0788. The van der Waals surface area contributed by atoms with Crippen LogP contribution in [0.25, 0.3) is 0 Å². The quantitative estimate of drug-likeness (QED) is 0.835. The molecule has 0 spiro atoms. The lowest BCUT2D eigenvalue weighted by atomic mass is 9.96. The third-order valence-electron chi connectivity index (χ3n) is 4.95. The summed E-state index contributed by atoms with van der Waals surface area (Å²) in [6.07, 6.45) is 2.26. The predicted molar refractivity (Wildman–Crippen MR) is 103 cm³/mol. The summed E-state index contributed by atoms with van der Waals surface area (Å²) >= 11 is 1.82. The molecule has 1 aliphatic rings. The van der Waals surface area contributed by atoms with Gasteiger partial charge in [-0.15, -0.1) is 11.3 Å². The van der Waals surface area contributed by atoms with Gasteiger partial charge in [0.25, 0.3) is 0 Å². The molecule has 1 aromatic heterocycles. The average Bonchev–Trinajstić information content (AvgIpc) is 3.14. The molecule has 5 heteroatoms. The van der Waals surface area contributed by atoms with Gasteiger partial charge in [0.2, 0.25) is 5.91 Å². The molecule has 2 aromatic rings. The first-order valence-electron chi connectivity index (χ1n) is 8.96. The van der Waals surface area contributed by atoms with Crippen LogP contribution in [0.5, 0.6) is 0 Å². The first-order chi connectivity index (χ1) is 12.1. The number of carbonyl (C=O) groups excluding carboxylic acids is 1. The largest absolute Gasteiger partial charge is 0.354 e. The number of amides is 1. The Balaban J connectivity index is 1.40. The molecular weight excluding hydrogens is 330 g/mol. The van der Waals surface area contributed by atoms with E-state index in [1.54, 1.807) is 0 Å².